The molecule has 1 N–H and O–H groups in total. The molecule has 6 nitrogen and oxygen atoms in total. The highest BCUT2D eigenvalue weighted by atomic mass is 35.5. The number of amides is 2. The molecule has 6 rings (SSSR count). The van der Waals surface area contributed by atoms with Gasteiger partial charge in [0.05, 0.1) is 27.5 Å². The number of para-hydroxylation sites is 1. The quantitative estimate of drug-likeness (QED) is 0.462. The van der Waals surface area contributed by atoms with Crippen LogP contribution in [0.25, 0.3) is 10.9 Å². The van der Waals surface area contributed by atoms with Gasteiger partial charge in [0, 0.05) is 29.3 Å². The summed E-state index contributed by atoms with van der Waals surface area (Å²) in [4.78, 5) is 37.9. The molecule has 3 heterocycles. The van der Waals surface area contributed by atoms with Crippen LogP contribution in [0.5, 0.6) is 0 Å². The number of halogens is 1. The van der Waals surface area contributed by atoms with Crippen molar-refractivity contribution in [1.82, 2.24) is 10.3 Å². The van der Waals surface area contributed by atoms with E-state index < -0.39 is 12.1 Å². The Kier molecular flexibility index (Phi) is 5.11. The van der Waals surface area contributed by atoms with E-state index in [1.807, 2.05) is 73.7 Å². The zero-order valence-corrected chi connectivity index (χ0v) is 19.7. The summed E-state index contributed by atoms with van der Waals surface area (Å²) in [5.74, 6) is -0.762. The monoisotopic (exact) mass is 480 g/mol. The largest absolute Gasteiger partial charge is 0.322 e. The lowest BCUT2D eigenvalue weighted by Gasteiger charge is -2.21. The molecule has 0 unspecified atom stereocenters. The Labute approximate surface area is 207 Å². The number of aromatic nitrogens is 1. The number of aliphatic imine (C=N–C) groups is 1. The number of pyridine rings is 1. The van der Waals surface area contributed by atoms with Gasteiger partial charge in [-0.2, -0.15) is 0 Å². The summed E-state index contributed by atoms with van der Waals surface area (Å²) >= 11 is 6.62. The van der Waals surface area contributed by atoms with Crippen LogP contribution in [0, 0.1) is 6.92 Å². The Balaban J connectivity index is 1.43. The lowest BCUT2D eigenvalue weighted by molar-refractivity contribution is -0.120. The van der Waals surface area contributed by atoms with Crippen molar-refractivity contribution in [2.75, 3.05) is 11.4 Å². The van der Waals surface area contributed by atoms with Crippen molar-refractivity contribution in [3.8, 4) is 0 Å². The molecule has 2 aliphatic rings. The maximum atomic E-state index is 13.6. The molecule has 2 aliphatic heterocycles. The van der Waals surface area contributed by atoms with Crippen molar-refractivity contribution in [3.05, 3.63) is 106 Å². The third-order valence-corrected chi connectivity index (χ3v) is 6.93. The molecular formula is C28H21ClN4O2. The number of fused-ring (bicyclic) bond motifs is 1. The molecule has 4 aromatic rings. The number of rotatable bonds is 3. The van der Waals surface area contributed by atoms with Crippen LogP contribution < -0.4 is 10.2 Å². The van der Waals surface area contributed by atoms with E-state index in [9.17, 15) is 9.59 Å². The second-order valence-corrected chi connectivity index (χ2v) is 9.16. The summed E-state index contributed by atoms with van der Waals surface area (Å²) in [6, 6.07) is 21.4. The van der Waals surface area contributed by atoms with Crippen LogP contribution >= 0.6 is 11.6 Å². The van der Waals surface area contributed by atoms with E-state index in [1.54, 1.807) is 4.90 Å². The SMILES string of the molecule is Cc1ccc2ncc(C(=O)N[C@@H]3N=C(c4ccccc4)c4cccc5c4N(CC5)C3=O)c(Cl)c2c1. The van der Waals surface area contributed by atoms with Gasteiger partial charge < -0.3 is 10.2 Å². The number of nitrogens with zero attached hydrogens (tertiary/aromatic N) is 3. The van der Waals surface area contributed by atoms with Gasteiger partial charge >= 0.3 is 0 Å². The van der Waals surface area contributed by atoms with Crippen LogP contribution in [-0.2, 0) is 11.2 Å². The fourth-order valence-electron chi connectivity index (χ4n) is 4.82. The third kappa shape index (κ3) is 3.58. The molecule has 1 aromatic heterocycles. The first-order valence-corrected chi connectivity index (χ1v) is 11.8. The van der Waals surface area contributed by atoms with Crippen molar-refractivity contribution in [2.45, 2.75) is 19.5 Å². The van der Waals surface area contributed by atoms with Crippen molar-refractivity contribution in [1.29, 1.82) is 0 Å². The van der Waals surface area contributed by atoms with Crippen molar-refractivity contribution in [3.63, 3.8) is 0 Å². The number of hydrogen-bond acceptors (Lipinski definition) is 4. The van der Waals surface area contributed by atoms with Crippen LogP contribution in [-0.4, -0.2) is 35.2 Å². The average molecular weight is 481 g/mol. The third-order valence-electron chi connectivity index (χ3n) is 6.52. The van der Waals surface area contributed by atoms with Gasteiger partial charge in [0.15, 0.2) is 0 Å². The highest BCUT2D eigenvalue weighted by molar-refractivity contribution is 6.38. The van der Waals surface area contributed by atoms with E-state index in [1.165, 1.54) is 6.20 Å². The standard InChI is InChI=1S/C28H21ClN4O2/c1-16-10-11-22-20(14-16)23(29)21(15-30-22)27(34)32-26-28(35)33-13-12-18-8-5-9-19(25(18)33)24(31-26)17-6-3-2-4-7-17/h2-11,14-15,26H,12-13H2,1H3,(H,32,34)/t26-/m0/s1. The van der Waals surface area contributed by atoms with E-state index >= 15 is 0 Å². The Morgan fingerprint density at radius 1 is 1.09 bits per heavy atom. The van der Waals surface area contributed by atoms with Gasteiger partial charge in [0.2, 0.25) is 6.17 Å². The molecule has 2 amide bonds. The fraction of sp³-hybridized carbons (Fsp3) is 0.143. The van der Waals surface area contributed by atoms with Crippen LogP contribution in [0.2, 0.25) is 5.02 Å². The van der Waals surface area contributed by atoms with Gasteiger partial charge in [-0.15, -0.1) is 0 Å². The maximum absolute atomic E-state index is 13.6. The molecule has 0 saturated heterocycles. The first kappa shape index (κ1) is 21.5. The lowest BCUT2D eigenvalue weighted by atomic mass is 9.98. The van der Waals surface area contributed by atoms with Gasteiger partial charge in [0.1, 0.15) is 0 Å². The summed E-state index contributed by atoms with van der Waals surface area (Å²) in [5.41, 5.74) is 6.33. The van der Waals surface area contributed by atoms with Crippen LogP contribution in [0.4, 0.5) is 5.69 Å². The van der Waals surface area contributed by atoms with Gasteiger partial charge in [-0.05, 0) is 31.0 Å². The van der Waals surface area contributed by atoms with Crippen molar-refractivity contribution < 1.29 is 9.59 Å². The van der Waals surface area contributed by atoms with E-state index in [4.69, 9.17) is 16.6 Å². The van der Waals surface area contributed by atoms with E-state index in [0.29, 0.717) is 28.2 Å². The molecule has 0 spiro atoms. The predicted octanol–water partition coefficient (Wildman–Crippen LogP) is 4.69. The van der Waals surface area contributed by atoms with Crippen LogP contribution in [0.15, 0.2) is 77.9 Å². The molecule has 0 bridgehead atoms. The summed E-state index contributed by atoms with van der Waals surface area (Å²) in [6.45, 7) is 2.50. The molecule has 35 heavy (non-hydrogen) atoms. The molecule has 0 saturated carbocycles. The number of anilines is 1. The maximum Gasteiger partial charge on any atom is 0.272 e. The predicted molar refractivity (Wildman–Crippen MR) is 137 cm³/mol. The van der Waals surface area contributed by atoms with Crippen molar-refractivity contribution >= 4 is 45.7 Å². The van der Waals surface area contributed by atoms with Gasteiger partial charge in [0.25, 0.3) is 11.8 Å². The molecule has 3 aromatic carbocycles. The summed E-state index contributed by atoms with van der Waals surface area (Å²) in [7, 11) is 0. The number of hydrogen-bond donors (Lipinski definition) is 1. The van der Waals surface area contributed by atoms with Crippen molar-refractivity contribution in [2.24, 2.45) is 4.99 Å². The molecule has 7 heteroatoms. The first-order valence-electron chi connectivity index (χ1n) is 11.4. The van der Waals surface area contributed by atoms with E-state index in [-0.39, 0.29) is 11.5 Å². The first-order chi connectivity index (χ1) is 17.0. The van der Waals surface area contributed by atoms with Gasteiger partial charge in [-0.1, -0.05) is 71.8 Å². The normalized spacial score (nSPS) is 16.6. The number of carbonyl (C=O) groups excluding carboxylic acids is 2. The molecular weight excluding hydrogens is 460 g/mol. The van der Waals surface area contributed by atoms with E-state index in [2.05, 4.69) is 10.3 Å². The zero-order valence-electron chi connectivity index (χ0n) is 19.0. The smallest absolute Gasteiger partial charge is 0.272 e. The summed E-state index contributed by atoms with van der Waals surface area (Å²) in [6.07, 6.45) is 1.11. The number of nitrogens with one attached hydrogen (secondary N) is 1. The topological polar surface area (TPSA) is 74.7 Å². The Morgan fingerprint density at radius 3 is 2.74 bits per heavy atom. The lowest BCUT2D eigenvalue weighted by Crippen LogP contribution is -2.47. The fourth-order valence-corrected chi connectivity index (χ4v) is 5.11. The number of carbonyl (C=O) groups is 2. The minimum atomic E-state index is -1.10. The van der Waals surface area contributed by atoms with Crippen LogP contribution in [0.1, 0.15) is 32.6 Å². The van der Waals surface area contributed by atoms with Crippen LogP contribution in [0.3, 0.4) is 0 Å². The molecule has 0 fully saturated rings. The Hall–Kier alpha value is -4.03. The van der Waals surface area contributed by atoms with Gasteiger partial charge in [-0.3, -0.25) is 14.6 Å². The van der Waals surface area contributed by atoms with E-state index in [0.717, 1.165) is 34.4 Å². The Morgan fingerprint density at radius 2 is 1.91 bits per heavy atom. The Bertz CT molecular complexity index is 1550. The highest BCUT2D eigenvalue weighted by Gasteiger charge is 2.37. The van der Waals surface area contributed by atoms with Gasteiger partial charge in [-0.25, -0.2) is 4.99 Å². The second kappa shape index (κ2) is 8.32. The molecule has 0 radical (unpaired) electrons. The second-order valence-electron chi connectivity index (χ2n) is 8.78. The number of aryl methyl sites for hydroxylation is 1. The highest BCUT2D eigenvalue weighted by Crippen LogP contribution is 2.36. The molecule has 0 aliphatic carbocycles. The number of benzene rings is 3. The minimum absolute atomic E-state index is 0.206. The summed E-state index contributed by atoms with van der Waals surface area (Å²) < 4.78 is 0. The molecule has 172 valence electrons. The zero-order chi connectivity index (χ0) is 24.1. The minimum Gasteiger partial charge on any atom is -0.322 e. The average Bonchev–Trinajstić information content (AvgIpc) is 3.27. The summed E-state index contributed by atoms with van der Waals surface area (Å²) in [5, 5.41) is 3.82. The molecule has 1 atom stereocenters.